The third-order valence-electron chi connectivity index (χ3n) is 4.40. The van der Waals surface area contributed by atoms with E-state index in [1.807, 2.05) is 25.1 Å². The van der Waals surface area contributed by atoms with E-state index in [2.05, 4.69) is 30.5 Å². The summed E-state index contributed by atoms with van der Waals surface area (Å²) < 4.78 is 13.4. The Bertz CT molecular complexity index is 1180. The lowest BCUT2D eigenvalue weighted by Crippen LogP contribution is -2.15. The van der Waals surface area contributed by atoms with E-state index in [1.165, 1.54) is 12.3 Å². The smallest absolute Gasteiger partial charge is 0.230 e. The number of carbonyl (C=O) groups is 1. The van der Waals surface area contributed by atoms with Crippen molar-refractivity contribution in [1.82, 2.24) is 25.1 Å². The number of nitrogens with zero attached hydrogens (tertiary/aromatic N) is 5. The summed E-state index contributed by atoms with van der Waals surface area (Å²) in [5, 5.41) is 10.6. The molecule has 0 unspecified atom stereocenters. The van der Waals surface area contributed by atoms with E-state index in [0.29, 0.717) is 22.8 Å². The topological polar surface area (TPSA) is 93.6 Å². The fourth-order valence-electron chi connectivity index (χ4n) is 3.03. The first-order valence-corrected chi connectivity index (χ1v) is 9.20. The average Bonchev–Trinajstić information content (AvgIpc) is 2.75. The molecule has 0 aliphatic heterocycles. The Morgan fingerprint density at radius 2 is 1.90 bits per heavy atom. The van der Waals surface area contributed by atoms with E-state index in [4.69, 9.17) is 0 Å². The molecule has 0 radical (unpaired) electrons. The summed E-state index contributed by atoms with van der Waals surface area (Å²) in [4.78, 5) is 24.6. The molecule has 7 nitrogen and oxygen atoms in total. The zero-order valence-electron chi connectivity index (χ0n) is 16.1. The molecule has 4 rings (SSSR count). The quantitative estimate of drug-likeness (QED) is 0.514. The number of halogens is 1. The van der Waals surface area contributed by atoms with Crippen LogP contribution in [0, 0.1) is 12.9 Å². The number of hydrogen-bond acceptors (Lipinski definition) is 6. The van der Waals surface area contributed by atoms with Gasteiger partial charge >= 0.3 is 0 Å². The number of anilines is 1. The van der Waals surface area contributed by atoms with E-state index < -0.39 is 5.95 Å². The normalized spacial score (nSPS) is 10.6. The van der Waals surface area contributed by atoms with Crippen molar-refractivity contribution in [3.05, 3.63) is 84.3 Å². The molecule has 0 aliphatic carbocycles. The summed E-state index contributed by atoms with van der Waals surface area (Å²) >= 11 is 0. The molecule has 0 saturated heterocycles. The van der Waals surface area contributed by atoms with Crippen molar-refractivity contribution < 1.29 is 9.18 Å². The van der Waals surface area contributed by atoms with Gasteiger partial charge in [-0.15, -0.1) is 0 Å². The molecule has 4 heterocycles. The van der Waals surface area contributed by atoms with Gasteiger partial charge in [-0.3, -0.25) is 9.78 Å². The third-order valence-corrected chi connectivity index (χ3v) is 4.40. The highest BCUT2D eigenvalue weighted by Crippen LogP contribution is 2.22. The molecular weight excluding hydrogens is 383 g/mol. The Morgan fingerprint density at radius 1 is 1.00 bits per heavy atom. The Balaban J connectivity index is 1.42. The molecule has 0 fully saturated rings. The zero-order valence-corrected chi connectivity index (χ0v) is 16.1. The monoisotopic (exact) mass is 400 g/mol. The van der Waals surface area contributed by atoms with Crippen molar-refractivity contribution >= 4 is 11.7 Å². The zero-order chi connectivity index (χ0) is 20.9. The van der Waals surface area contributed by atoms with E-state index in [1.54, 1.807) is 36.8 Å². The van der Waals surface area contributed by atoms with Crippen LogP contribution in [0.15, 0.2) is 67.3 Å². The molecule has 148 valence electrons. The predicted octanol–water partition coefficient (Wildman–Crippen LogP) is 3.62. The van der Waals surface area contributed by atoms with Crippen molar-refractivity contribution in [2.45, 2.75) is 13.3 Å². The maximum Gasteiger partial charge on any atom is 0.230 e. The fourth-order valence-corrected chi connectivity index (χ4v) is 3.03. The first-order chi connectivity index (χ1) is 14.6. The number of aryl methyl sites for hydroxylation is 1. The average molecular weight is 400 g/mol. The van der Waals surface area contributed by atoms with Crippen molar-refractivity contribution in [3.8, 4) is 22.5 Å². The largest absolute Gasteiger partial charge is 0.310 e. The van der Waals surface area contributed by atoms with Crippen molar-refractivity contribution in [1.29, 1.82) is 0 Å². The Kier molecular flexibility index (Phi) is 5.47. The molecular formula is C22H17FN6O. The molecule has 0 atom stereocenters. The molecule has 0 spiro atoms. The molecule has 1 amide bonds. The first kappa shape index (κ1) is 19.3. The molecule has 8 heteroatoms. The number of aromatic nitrogens is 5. The fraction of sp³-hybridized carbons (Fsp3) is 0.0909. The van der Waals surface area contributed by atoms with E-state index in [9.17, 15) is 9.18 Å². The van der Waals surface area contributed by atoms with Crippen LogP contribution in [0.5, 0.6) is 0 Å². The van der Waals surface area contributed by atoms with E-state index in [-0.39, 0.29) is 12.3 Å². The van der Waals surface area contributed by atoms with Gasteiger partial charge in [0, 0.05) is 42.0 Å². The minimum Gasteiger partial charge on any atom is -0.310 e. The van der Waals surface area contributed by atoms with E-state index >= 15 is 0 Å². The Hall–Kier alpha value is -4.07. The van der Waals surface area contributed by atoms with Gasteiger partial charge in [0.1, 0.15) is 5.82 Å². The van der Waals surface area contributed by atoms with Crippen LogP contribution in [0.2, 0.25) is 0 Å². The second-order valence-corrected chi connectivity index (χ2v) is 6.64. The summed E-state index contributed by atoms with van der Waals surface area (Å²) in [6.07, 6.45) is 6.39. The summed E-state index contributed by atoms with van der Waals surface area (Å²) in [5.74, 6) is -0.324. The Labute approximate surface area is 172 Å². The van der Waals surface area contributed by atoms with Crippen LogP contribution in [0.1, 0.15) is 11.1 Å². The maximum atomic E-state index is 13.4. The lowest BCUT2D eigenvalue weighted by atomic mass is 10.0. The van der Waals surface area contributed by atoms with Gasteiger partial charge in [0.15, 0.2) is 0 Å². The Morgan fingerprint density at radius 3 is 2.60 bits per heavy atom. The third kappa shape index (κ3) is 4.49. The van der Waals surface area contributed by atoms with Crippen molar-refractivity contribution in [2.24, 2.45) is 0 Å². The van der Waals surface area contributed by atoms with Crippen molar-refractivity contribution in [2.75, 3.05) is 5.32 Å². The summed E-state index contributed by atoms with van der Waals surface area (Å²) in [5.41, 5.74) is 4.41. The second-order valence-electron chi connectivity index (χ2n) is 6.64. The minimum absolute atomic E-state index is 0.145. The van der Waals surface area contributed by atoms with Gasteiger partial charge in [-0.2, -0.15) is 14.6 Å². The highest BCUT2D eigenvalue weighted by Gasteiger charge is 2.10. The van der Waals surface area contributed by atoms with Gasteiger partial charge in [-0.1, -0.05) is 6.07 Å². The van der Waals surface area contributed by atoms with E-state index in [0.717, 1.165) is 16.7 Å². The second kappa shape index (κ2) is 8.52. The first-order valence-electron chi connectivity index (χ1n) is 9.20. The van der Waals surface area contributed by atoms with Crippen molar-refractivity contribution in [3.63, 3.8) is 0 Å². The number of carbonyl (C=O) groups excluding carboxylic acids is 1. The standard InChI is InChI=1S/C22H17FN6O/c1-14-9-15(12-26-22(14)16-6-8-24-19(23)11-16)10-21(30)28-20-5-4-17(13-25-20)18-3-2-7-27-29-18/h2-9,11-13H,10H2,1H3,(H,25,28,30). The molecule has 1 N–H and O–H groups in total. The highest BCUT2D eigenvalue weighted by atomic mass is 19.1. The van der Waals surface area contributed by atoms with Crippen LogP contribution < -0.4 is 5.32 Å². The molecule has 30 heavy (non-hydrogen) atoms. The van der Waals surface area contributed by atoms with Crippen LogP contribution in [-0.2, 0) is 11.2 Å². The molecule has 0 saturated carbocycles. The van der Waals surface area contributed by atoms with Crippen LogP contribution in [0.3, 0.4) is 0 Å². The van der Waals surface area contributed by atoms with Gasteiger partial charge in [-0.25, -0.2) is 9.97 Å². The number of pyridine rings is 3. The number of rotatable bonds is 5. The number of nitrogens with one attached hydrogen (secondary N) is 1. The lowest BCUT2D eigenvalue weighted by molar-refractivity contribution is -0.115. The van der Waals surface area contributed by atoms with Gasteiger partial charge in [0.2, 0.25) is 11.9 Å². The highest BCUT2D eigenvalue weighted by molar-refractivity contribution is 5.91. The predicted molar refractivity (Wildman–Crippen MR) is 110 cm³/mol. The molecule has 0 aliphatic rings. The number of amides is 1. The van der Waals surface area contributed by atoms with Crippen LogP contribution in [-0.4, -0.2) is 31.1 Å². The van der Waals surface area contributed by atoms with Gasteiger partial charge in [0.05, 0.1) is 17.8 Å². The van der Waals surface area contributed by atoms with Crippen LogP contribution in [0.25, 0.3) is 22.5 Å². The molecule has 0 aromatic carbocycles. The van der Waals surface area contributed by atoms with Gasteiger partial charge in [0.25, 0.3) is 0 Å². The minimum atomic E-state index is -0.560. The number of hydrogen-bond donors (Lipinski definition) is 1. The van der Waals surface area contributed by atoms with Gasteiger partial charge < -0.3 is 5.32 Å². The molecule has 4 aromatic heterocycles. The molecule has 0 bridgehead atoms. The lowest BCUT2D eigenvalue weighted by Gasteiger charge is -2.09. The summed E-state index contributed by atoms with van der Waals surface area (Å²) in [6.45, 7) is 1.87. The maximum absolute atomic E-state index is 13.4. The SMILES string of the molecule is Cc1cc(CC(=O)Nc2ccc(-c3cccnn3)cn2)cnc1-c1ccnc(F)c1. The van der Waals surface area contributed by atoms with Gasteiger partial charge in [-0.05, 0) is 48.4 Å². The molecule has 4 aromatic rings. The van der Waals surface area contributed by atoms with Crippen LogP contribution >= 0.6 is 0 Å². The van der Waals surface area contributed by atoms with Crippen LogP contribution in [0.4, 0.5) is 10.2 Å². The summed E-state index contributed by atoms with van der Waals surface area (Å²) in [6, 6.07) is 12.1. The summed E-state index contributed by atoms with van der Waals surface area (Å²) in [7, 11) is 0.